The van der Waals surface area contributed by atoms with E-state index in [2.05, 4.69) is 71.5 Å². The predicted octanol–water partition coefficient (Wildman–Crippen LogP) is 8.77. The van der Waals surface area contributed by atoms with Crippen LogP contribution in [0, 0.1) is 123 Å². The minimum absolute atomic E-state index is 0.119. The maximum absolute atomic E-state index is 15.7. The van der Waals surface area contributed by atoms with E-state index in [0.29, 0.717) is 75.5 Å². The Morgan fingerprint density at radius 3 is 2.49 bits per heavy atom. The smallest absolute Gasteiger partial charge is 0.331 e. The van der Waals surface area contributed by atoms with Crippen LogP contribution in [0.5, 0.6) is 0 Å². The fraction of sp³-hybridized carbons (Fsp3) is 0.676. The predicted molar refractivity (Wildman–Crippen MR) is 291 cm³/mol. The molecule has 406 valence electrons. The second-order valence-corrected chi connectivity index (χ2v) is 28.2. The van der Waals surface area contributed by atoms with E-state index in [1.807, 2.05) is 25.2 Å². The molecule has 16 rings (SSSR count). The Kier molecular flexibility index (Phi) is 11.5. The topological polar surface area (TPSA) is 157 Å². The number of carbonyl (C=O) groups is 2. The molecule has 0 saturated heterocycles. The van der Waals surface area contributed by atoms with E-state index in [0.717, 1.165) is 60.7 Å². The zero-order valence-electron chi connectivity index (χ0n) is 45.1. The first-order valence-corrected chi connectivity index (χ1v) is 30.7. The molecule has 13 aliphatic carbocycles. The first-order chi connectivity index (χ1) is 37.4. The Bertz CT molecular complexity index is 2940. The van der Waals surface area contributed by atoms with Crippen LogP contribution in [0.1, 0.15) is 150 Å². The maximum Gasteiger partial charge on any atom is 0.331 e. The lowest BCUT2D eigenvalue weighted by Gasteiger charge is -2.75. The fourth-order valence-electron chi connectivity index (χ4n) is 23.8. The molecule has 1 aliphatic heterocycles. The number of aldehydes is 1. The molecule has 23 atom stereocenters. The van der Waals surface area contributed by atoms with Gasteiger partial charge in [0.15, 0.2) is 0 Å². The summed E-state index contributed by atoms with van der Waals surface area (Å²) in [6, 6.07) is 16.7. The van der Waals surface area contributed by atoms with Crippen molar-refractivity contribution in [2.75, 3.05) is 7.05 Å². The molecule has 9 heteroatoms. The van der Waals surface area contributed by atoms with Crippen LogP contribution in [0.4, 0.5) is 0 Å². The highest BCUT2D eigenvalue weighted by molar-refractivity contribution is 5.86. The van der Waals surface area contributed by atoms with Crippen molar-refractivity contribution in [3.8, 4) is 23.7 Å². The van der Waals surface area contributed by atoms with Gasteiger partial charge in [-0.25, -0.2) is 4.79 Å². The van der Waals surface area contributed by atoms with Crippen molar-refractivity contribution < 1.29 is 39.9 Å². The number of esters is 1. The van der Waals surface area contributed by atoms with Gasteiger partial charge in [0.25, 0.3) is 0 Å². The second kappa shape index (κ2) is 17.7. The van der Waals surface area contributed by atoms with Crippen molar-refractivity contribution in [1.82, 2.24) is 5.32 Å². The standard InChI is InChI=1S/C68H81NO8/c1-69-57-31-51-41(17-9-20-44(51)36-70)16-7-8-26-64-33-43-19-11-22-49-48(40-12-3-2-4-13-40)23-24-55-50(49)25-27-63(55)37-65(38-71)61(43)66(74,67(64,75)34-45-28-53(57)60-54(59(45)64)32-58(72)77-60)35-46-30-52-42(29-56(62(63)73)68(46,65)76)18-10-21-47(52)39-14-5-6-15-39/h2-4,9-10,12-13,17-18,20,32,38-39,42-43,45-50,52-53,55-57,59-62,69-70,73-76H,5-6,8,14-15,21-31,33-37H2,1H3/t42-,43-,45+,46-,47-,48+,49+,50-,52-,53+,55+,56+,57+,59-,60-,61-,62-,63+,64-,65+,66+,67-,68+/m1/s1. The number of aliphatic hydroxyl groups excluding tert-OH is 2. The van der Waals surface area contributed by atoms with Crippen molar-refractivity contribution in [1.29, 1.82) is 0 Å². The summed E-state index contributed by atoms with van der Waals surface area (Å²) in [4.78, 5) is 29.7. The van der Waals surface area contributed by atoms with Crippen LogP contribution in [0.25, 0.3) is 0 Å². The number of nitrogens with one attached hydrogen (secondary N) is 1. The zero-order valence-corrected chi connectivity index (χ0v) is 45.1. The first kappa shape index (κ1) is 49.9. The van der Waals surface area contributed by atoms with Crippen molar-refractivity contribution in [3.63, 3.8) is 0 Å². The van der Waals surface area contributed by atoms with Gasteiger partial charge in [-0.1, -0.05) is 98.1 Å². The normalized spacial score (nSPS) is 50.4. The van der Waals surface area contributed by atoms with Crippen LogP contribution in [0.3, 0.4) is 0 Å². The molecule has 0 unspecified atom stereocenters. The average Bonchev–Trinajstić information content (AvgIpc) is 4.23. The molecule has 0 aromatic heterocycles. The zero-order chi connectivity index (χ0) is 52.4. The number of hydrogen-bond donors (Lipinski definition) is 6. The second-order valence-electron chi connectivity index (χ2n) is 28.2. The third-order valence-corrected chi connectivity index (χ3v) is 26.3. The van der Waals surface area contributed by atoms with Crippen molar-refractivity contribution in [2.24, 2.45) is 99.1 Å². The van der Waals surface area contributed by atoms with E-state index in [1.54, 1.807) is 6.08 Å². The van der Waals surface area contributed by atoms with E-state index < -0.39 is 68.9 Å². The SMILES string of the molecule is CN[C@H]1Cc2c(cccc2CO)C#CCC[C@]23C[C@H]4C#CC[C@@H]5[C@H]6CC[C@]7(C[C@]8(C=O)[C@@H]4[C@@](O)(C[C@H]4C[C@@H]9[C@H](C=CC[C@@H]9C9CCCC9)C[C@@H]([C@H]7O)[C@@]48O)[C@@]2(O)C[C@@H]2C[C@@H]1[C@H]1OC(=O)C=C1[C@@H]23)[C@H]6CC[C@H]5c1ccccc1. The van der Waals surface area contributed by atoms with Crippen molar-refractivity contribution in [2.45, 2.75) is 176 Å². The third-order valence-electron chi connectivity index (χ3n) is 26.3. The molecule has 2 spiro atoms. The van der Waals surface area contributed by atoms with Crippen LogP contribution in [-0.2, 0) is 27.4 Å². The molecule has 9 fully saturated rings. The van der Waals surface area contributed by atoms with Crippen LogP contribution >= 0.6 is 0 Å². The number of aliphatic hydroxyl groups is 5. The van der Waals surface area contributed by atoms with Crippen molar-refractivity contribution in [3.05, 3.63) is 94.6 Å². The minimum Gasteiger partial charge on any atom is -0.454 e. The van der Waals surface area contributed by atoms with Gasteiger partial charge < -0.3 is 40.4 Å². The minimum atomic E-state index is -1.88. The summed E-state index contributed by atoms with van der Waals surface area (Å²) >= 11 is 0. The molecule has 77 heavy (non-hydrogen) atoms. The van der Waals surface area contributed by atoms with Gasteiger partial charge in [0.1, 0.15) is 18.0 Å². The van der Waals surface area contributed by atoms with Gasteiger partial charge >= 0.3 is 5.97 Å². The summed E-state index contributed by atoms with van der Waals surface area (Å²) in [5.41, 5.74) is -3.59. The van der Waals surface area contributed by atoms with Crippen LogP contribution in [0.15, 0.2) is 72.3 Å². The average molecular weight is 1040 g/mol. The molecule has 9 bridgehead atoms. The van der Waals surface area contributed by atoms with E-state index in [9.17, 15) is 20.1 Å². The van der Waals surface area contributed by atoms with E-state index in [1.165, 1.54) is 31.2 Å². The highest BCUT2D eigenvalue weighted by Crippen LogP contribution is 2.81. The van der Waals surface area contributed by atoms with Gasteiger partial charge in [-0.3, -0.25) is 0 Å². The largest absolute Gasteiger partial charge is 0.454 e. The summed E-state index contributed by atoms with van der Waals surface area (Å²) in [6.45, 7) is -0.119. The lowest BCUT2D eigenvalue weighted by atomic mass is 9.31. The summed E-state index contributed by atoms with van der Waals surface area (Å²) in [7, 11) is 1.96. The Hall–Kier alpha value is -4.06. The van der Waals surface area contributed by atoms with Gasteiger partial charge in [0.05, 0.1) is 29.3 Å². The lowest BCUT2D eigenvalue weighted by Crippen LogP contribution is -2.83. The van der Waals surface area contributed by atoms with E-state index >= 15 is 15.0 Å². The summed E-state index contributed by atoms with van der Waals surface area (Å²) in [5.74, 6) is 13.6. The molecule has 6 N–H and O–H groups in total. The summed E-state index contributed by atoms with van der Waals surface area (Å²) in [6.07, 6.45) is 20.7. The highest BCUT2D eigenvalue weighted by atomic mass is 16.5. The Morgan fingerprint density at radius 1 is 0.844 bits per heavy atom. The molecule has 1 heterocycles. The van der Waals surface area contributed by atoms with Gasteiger partial charge in [0, 0.05) is 65.0 Å². The molecule has 14 aliphatic rings. The fourth-order valence-corrected chi connectivity index (χ4v) is 23.8. The number of fused-ring (bicyclic) bond motifs is 5. The quantitative estimate of drug-likeness (QED) is 0.0747. The Labute approximate surface area is 455 Å². The first-order valence-electron chi connectivity index (χ1n) is 30.7. The molecular formula is C68H81NO8. The number of likely N-dealkylation sites (N-methyl/N-ethyl adjacent to an activating group) is 1. The molecule has 9 saturated carbocycles. The highest BCUT2D eigenvalue weighted by Gasteiger charge is 2.86. The number of rotatable bonds is 5. The molecule has 2 aromatic carbocycles. The van der Waals surface area contributed by atoms with E-state index in [-0.39, 0.29) is 78.8 Å². The summed E-state index contributed by atoms with van der Waals surface area (Å²) < 4.78 is 6.48. The number of hydrogen-bond acceptors (Lipinski definition) is 9. The van der Waals surface area contributed by atoms with Crippen LogP contribution in [0.2, 0.25) is 0 Å². The van der Waals surface area contributed by atoms with Crippen LogP contribution in [-0.4, -0.2) is 79.9 Å². The van der Waals surface area contributed by atoms with Gasteiger partial charge in [0.2, 0.25) is 0 Å². The van der Waals surface area contributed by atoms with Gasteiger partial charge in [-0.2, -0.15) is 0 Å². The monoisotopic (exact) mass is 1040 g/mol. The number of ether oxygens (including phenoxy) is 1. The Morgan fingerprint density at radius 2 is 1.69 bits per heavy atom. The summed E-state index contributed by atoms with van der Waals surface area (Å²) in [5, 5.41) is 73.5. The number of carbonyl (C=O) groups excluding carboxylic acids is 2. The van der Waals surface area contributed by atoms with Gasteiger partial charge in [-0.15, -0.1) is 5.92 Å². The lowest BCUT2D eigenvalue weighted by molar-refractivity contribution is -0.364. The number of allylic oxidation sites excluding steroid dienone is 2. The molecule has 9 nitrogen and oxygen atoms in total. The van der Waals surface area contributed by atoms with E-state index in [4.69, 9.17) is 4.74 Å². The molecule has 0 radical (unpaired) electrons. The molecule has 0 amide bonds. The Balaban J connectivity index is 0.966. The van der Waals surface area contributed by atoms with Crippen LogP contribution < -0.4 is 5.32 Å². The molecular weight excluding hydrogens is 959 g/mol. The molecule has 2 aromatic rings. The maximum atomic E-state index is 15.7. The van der Waals surface area contributed by atoms with Crippen molar-refractivity contribution >= 4 is 12.3 Å². The number of benzene rings is 2. The van der Waals surface area contributed by atoms with Gasteiger partial charge in [-0.05, 0) is 190 Å². The third kappa shape index (κ3) is 6.49.